The van der Waals surface area contributed by atoms with Crippen LogP contribution in [0.1, 0.15) is 0 Å². The third kappa shape index (κ3) is 14300. The minimum Gasteiger partial charge on any atom is 0 e. The fourth-order valence-corrected chi connectivity index (χ4v) is 0. The van der Waals surface area contributed by atoms with Crippen molar-refractivity contribution in [3.63, 3.8) is 0 Å². The van der Waals surface area contributed by atoms with Gasteiger partial charge < -0.3 is 0 Å². The molecule has 0 aromatic heterocycles. The van der Waals surface area contributed by atoms with Gasteiger partial charge in [0, 0.05) is 35.6 Å². The van der Waals surface area contributed by atoms with Crippen molar-refractivity contribution in [1.82, 2.24) is 0 Å². The van der Waals surface area contributed by atoms with Crippen molar-refractivity contribution in [3.05, 3.63) is 57.9 Å². The molecule has 0 rings (SSSR count). The van der Waals surface area contributed by atoms with Gasteiger partial charge in [-0.05, 0) is 0 Å². The van der Waals surface area contributed by atoms with E-state index >= 15 is 0 Å². The van der Waals surface area contributed by atoms with Crippen LogP contribution in [0.4, 0.5) is 0 Å². The van der Waals surface area contributed by atoms with Crippen molar-refractivity contribution in [2.24, 2.45) is 0 Å². The van der Waals surface area contributed by atoms with Gasteiger partial charge in [-0.15, -0.1) is 0 Å². The molecule has 0 aliphatic rings. The molecule has 96 valence electrons. The molecule has 0 aromatic rings. The van der Waals surface area contributed by atoms with Crippen molar-refractivity contribution in [1.29, 1.82) is 15.8 Å². The zero-order valence-corrected chi connectivity index (χ0v) is 11.1. The molecule has 0 atom stereocenters. The average molecular weight is 295 g/mol. The third-order valence-electron chi connectivity index (χ3n) is 0.274. The fourth-order valence-electron chi connectivity index (χ4n) is 0. The topological polar surface area (TPSA) is 131 Å². The largest absolute Gasteiger partial charge is 0 e. The van der Waals surface area contributed by atoms with Gasteiger partial charge in [0.2, 0.25) is 0 Å². The number of hydrogen-bond donors (Lipinski definition) is 0. The van der Waals surface area contributed by atoms with Gasteiger partial charge in [0.25, 0.3) is 0 Å². The second-order valence-corrected chi connectivity index (χ2v) is 1.000. The summed E-state index contributed by atoms with van der Waals surface area (Å²) in [4.78, 5) is 0. The summed E-state index contributed by atoms with van der Waals surface area (Å²) < 4.78 is 22.5. The molecule has 0 heterocycles. The van der Waals surface area contributed by atoms with Crippen LogP contribution in [0.2, 0.25) is 0 Å². The molecule has 0 bridgehead atoms. The SMILES string of the molecule is C=CC#N.C=CC#N.C=CC#N.[C-]#[O+].[C-]#[O+].[C-]#[O+].[Cr]. The van der Waals surface area contributed by atoms with Crippen LogP contribution in [0.25, 0.3) is 0 Å². The predicted octanol–water partition coefficient (Wildman–Crippen LogP) is 1.97. The molecule has 19 heavy (non-hydrogen) atoms. The number of nitriles is 3. The van der Waals surface area contributed by atoms with Gasteiger partial charge in [0.15, 0.2) is 0 Å². The quantitative estimate of drug-likeness (QED) is 0.384. The van der Waals surface area contributed by atoms with Crippen molar-refractivity contribution in [2.75, 3.05) is 0 Å². The standard InChI is InChI=1S/3C3H3N.3CO.Cr/c3*1-2-3-4;3*1-2;/h3*2H,1H2;;;;. The first kappa shape index (κ1) is 44.0. The molecular formula is C12H9CrN3O3. The molecule has 0 spiro atoms. The molecule has 0 aromatic carbocycles. The van der Waals surface area contributed by atoms with E-state index in [1.165, 1.54) is 18.2 Å². The maximum atomic E-state index is 7.51. The predicted molar refractivity (Wildman–Crippen MR) is 59.2 cm³/mol. The van der Waals surface area contributed by atoms with E-state index in [4.69, 9.17) is 29.7 Å². The van der Waals surface area contributed by atoms with E-state index in [0.717, 1.165) is 0 Å². The Hall–Kier alpha value is -2.56. The van der Waals surface area contributed by atoms with E-state index < -0.39 is 0 Å². The minimum atomic E-state index is 0. The summed E-state index contributed by atoms with van der Waals surface area (Å²) in [5.74, 6) is 0. The summed E-state index contributed by atoms with van der Waals surface area (Å²) >= 11 is 0. The Morgan fingerprint density at radius 1 is 0.632 bits per heavy atom. The first-order chi connectivity index (χ1) is 8.74. The monoisotopic (exact) mass is 295 g/mol. The first-order valence-electron chi connectivity index (χ1n) is 3.37. The molecule has 0 N–H and O–H groups in total. The van der Waals surface area contributed by atoms with Gasteiger partial charge in [-0.1, -0.05) is 19.7 Å². The Morgan fingerprint density at radius 2 is 0.684 bits per heavy atom. The van der Waals surface area contributed by atoms with E-state index in [-0.39, 0.29) is 17.4 Å². The van der Waals surface area contributed by atoms with Gasteiger partial charge >= 0.3 is 33.9 Å². The Kier molecular flexibility index (Phi) is 629. The van der Waals surface area contributed by atoms with Crippen LogP contribution in [-0.2, 0) is 31.3 Å². The van der Waals surface area contributed by atoms with E-state index in [1.807, 2.05) is 0 Å². The zero-order valence-electron chi connectivity index (χ0n) is 9.83. The molecule has 0 radical (unpaired) electrons. The van der Waals surface area contributed by atoms with Crippen molar-refractivity contribution < 1.29 is 31.3 Å². The maximum Gasteiger partial charge on any atom is 0 e. The van der Waals surface area contributed by atoms with Gasteiger partial charge in [0.05, 0.1) is 18.2 Å². The summed E-state index contributed by atoms with van der Waals surface area (Å²) in [5.41, 5.74) is 0. The van der Waals surface area contributed by atoms with Crippen LogP contribution in [0, 0.1) is 53.9 Å². The van der Waals surface area contributed by atoms with Crippen molar-refractivity contribution in [3.8, 4) is 18.2 Å². The summed E-state index contributed by atoms with van der Waals surface area (Å²) in [6.07, 6.45) is 3.54. The van der Waals surface area contributed by atoms with E-state index in [1.54, 1.807) is 18.2 Å². The molecule has 6 nitrogen and oxygen atoms in total. The van der Waals surface area contributed by atoms with E-state index in [0.29, 0.717) is 0 Å². The summed E-state index contributed by atoms with van der Waals surface area (Å²) in [7, 11) is 0. The van der Waals surface area contributed by atoms with Crippen LogP contribution < -0.4 is 0 Å². The van der Waals surface area contributed by atoms with E-state index in [2.05, 4.69) is 39.7 Å². The normalized spacial score (nSPS) is 2.68. The smallest absolute Gasteiger partial charge is 0 e. The zero-order chi connectivity index (χ0) is 16.2. The molecule has 0 aliphatic carbocycles. The Balaban J connectivity index is -0.0000000186. The van der Waals surface area contributed by atoms with Crippen molar-refractivity contribution >= 4 is 0 Å². The second-order valence-electron chi connectivity index (χ2n) is 1.000. The fraction of sp³-hybridized carbons (Fsp3) is 0. The molecule has 7 heteroatoms. The molecule has 0 saturated heterocycles. The van der Waals surface area contributed by atoms with Gasteiger partial charge in [-0.2, -0.15) is 15.8 Å². The Morgan fingerprint density at radius 3 is 0.684 bits per heavy atom. The molecule has 0 amide bonds. The van der Waals surface area contributed by atoms with Crippen LogP contribution in [0.15, 0.2) is 38.0 Å². The maximum absolute atomic E-state index is 7.51. The van der Waals surface area contributed by atoms with Crippen LogP contribution >= 0.6 is 0 Å². The van der Waals surface area contributed by atoms with Gasteiger partial charge in [-0.25, -0.2) is 0 Å². The Labute approximate surface area is 123 Å². The number of nitrogens with zero attached hydrogens (tertiary/aromatic N) is 3. The number of allylic oxidation sites excluding steroid dienone is 3. The average Bonchev–Trinajstić information content (AvgIpc) is 2.53. The summed E-state index contributed by atoms with van der Waals surface area (Å²) in [5, 5.41) is 22.5. The molecule has 0 aliphatic heterocycles. The second kappa shape index (κ2) is 272. The van der Waals surface area contributed by atoms with Crippen LogP contribution in [-0.4, -0.2) is 0 Å². The molecule has 0 fully saturated rings. The van der Waals surface area contributed by atoms with Crippen LogP contribution in [0.3, 0.4) is 0 Å². The molecular weight excluding hydrogens is 286 g/mol. The summed E-state index contributed by atoms with van der Waals surface area (Å²) in [6.45, 7) is 22.9. The number of rotatable bonds is 0. The first-order valence-corrected chi connectivity index (χ1v) is 3.37. The molecule has 0 unspecified atom stereocenters. The van der Waals surface area contributed by atoms with Crippen LogP contribution in [0.5, 0.6) is 0 Å². The van der Waals surface area contributed by atoms with Gasteiger partial charge in [-0.3, -0.25) is 0 Å². The van der Waals surface area contributed by atoms with Crippen molar-refractivity contribution in [2.45, 2.75) is 0 Å². The number of hydrogen-bond acceptors (Lipinski definition) is 3. The minimum absolute atomic E-state index is 0. The van der Waals surface area contributed by atoms with E-state index in [9.17, 15) is 0 Å². The Bertz CT molecular complexity index is 295. The van der Waals surface area contributed by atoms with Gasteiger partial charge in [0.1, 0.15) is 0 Å². The molecule has 0 saturated carbocycles. The third-order valence-corrected chi connectivity index (χ3v) is 0.274. The summed E-state index contributed by atoms with van der Waals surface area (Å²) in [6, 6.07) is 5.08.